The summed E-state index contributed by atoms with van der Waals surface area (Å²) in [7, 11) is 1.54. The number of nitrogens with zero attached hydrogens (tertiary/aromatic N) is 1. The Morgan fingerprint density at radius 1 is 1.16 bits per heavy atom. The number of hydrogen-bond acceptors (Lipinski definition) is 5. The van der Waals surface area contributed by atoms with Crippen molar-refractivity contribution in [1.29, 1.82) is 0 Å². The lowest BCUT2D eigenvalue weighted by molar-refractivity contribution is -0.122. The minimum Gasteiger partial charge on any atom is -0.495 e. The normalized spacial score (nSPS) is 15.5. The van der Waals surface area contributed by atoms with Crippen LogP contribution < -0.4 is 26.0 Å². The van der Waals surface area contributed by atoms with E-state index in [1.165, 1.54) is 19.2 Å². The van der Waals surface area contributed by atoms with Gasteiger partial charge in [-0.1, -0.05) is 6.07 Å². The van der Waals surface area contributed by atoms with Gasteiger partial charge >= 0.3 is 0 Å². The largest absolute Gasteiger partial charge is 0.495 e. The second-order valence-electron chi connectivity index (χ2n) is 7.30. The Bertz CT molecular complexity index is 1020. The molecule has 1 saturated heterocycles. The maximum Gasteiger partial charge on any atom is 0.251 e. The summed E-state index contributed by atoms with van der Waals surface area (Å²) in [5.41, 5.74) is 7.46. The zero-order valence-corrected chi connectivity index (χ0v) is 17.3. The zero-order chi connectivity index (χ0) is 22.5. The van der Waals surface area contributed by atoms with Gasteiger partial charge in [0.25, 0.3) is 5.91 Å². The molecule has 0 aromatic heterocycles. The molecule has 4 amide bonds. The molecule has 31 heavy (non-hydrogen) atoms. The van der Waals surface area contributed by atoms with E-state index in [-0.39, 0.29) is 31.3 Å². The minimum absolute atomic E-state index is 0.0938. The quantitative estimate of drug-likeness (QED) is 0.615. The van der Waals surface area contributed by atoms with Crippen LogP contribution in [0.25, 0.3) is 0 Å². The number of amides is 4. The molecular formula is C22H24N4O5. The molecule has 3 rings (SSSR count). The summed E-state index contributed by atoms with van der Waals surface area (Å²) < 4.78 is 5.36. The van der Waals surface area contributed by atoms with Crippen LogP contribution >= 0.6 is 0 Å². The molecule has 2 aromatic carbocycles. The second kappa shape index (κ2) is 9.29. The smallest absolute Gasteiger partial charge is 0.251 e. The first-order valence-corrected chi connectivity index (χ1v) is 9.71. The topological polar surface area (TPSA) is 131 Å². The maximum atomic E-state index is 12.7. The molecule has 0 bridgehead atoms. The summed E-state index contributed by atoms with van der Waals surface area (Å²) in [6, 6.07) is 11.8. The third-order valence-corrected chi connectivity index (χ3v) is 4.96. The SMILES string of the molecule is COc1ccc(C)cc1N1CC(C(=O)Nc2ccc(C(=O)NCC(N)=O)cc2)CC1=O. The van der Waals surface area contributed by atoms with Crippen molar-refractivity contribution in [3.8, 4) is 5.75 Å². The molecule has 1 unspecified atom stereocenters. The van der Waals surface area contributed by atoms with Crippen molar-refractivity contribution >= 4 is 35.0 Å². The number of rotatable bonds is 7. The molecule has 162 valence electrons. The van der Waals surface area contributed by atoms with Crippen molar-refractivity contribution in [3.63, 3.8) is 0 Å². The molecule has 1 atom stereocenters. The van der Waals surface area contributed by atoms with Crippen LogP contribution in [0, 0.1) is 12.8 Å². The van der Waals surface area contributed by atoms with E-state index in [0.29, 0.717) is 22.7 Å². The molecule has 1 aliphatic heterocycles. The number of methoxy groups -OCH3 is 1. The van der Waals surface area contributed by atoms with Crippen molar-refractivity contribution in [1.82, 2.24) is 5.32 Å². The van der Waals surface area contributed by atoms with Crippen LogP contribution in [0.5, 0.6) is 5.75 Å². The Kier molecular flexibility index (Phi) is 6.54. The van der Waals surface area contributed by atoms with Gasteiger partial charge in [0.1, 0.15) is 5.75 Å². The van der Waals surface area contributed by atoms with E-state index < -0.39 is 17.7 Å². The number of primary amides is 1. The number of carbonyl (C=O) groups excluding carboxylic acids is 4. The number of nitrogens with two attached hydrogens (primary N) is 1. The summed E-state index contributed by atoms with van der Waals surface area (Å²) in [6.45, 7) is 1.92. The first kappa shape index (κ1) is 21.8. The van der Waals surface area contributed by atoms with Crippen molar-refractivity contribution in [3.05, 3.63) is 53.6 Å². The summed E-state index contributed by atoms with van der Waals surface area (Å²) in [5.74, 6) is -1.46. The Morgan fingerprint density at radius 3 is 2.52 bits per heavy atom. The summed E-state index contributed by atoms with van der Waals surface area (Å²) >= 11 is 0. The zero-order valence-electron chi connectivity index (χ0n) is 17.3. The highest BCUT2D eigenvalue weighted by atomic mass is 16.5. The van der Waals surface area contributed by atoms with E-state index >= 15 is 0 Å². The van der Waals surface area contributed by atoms with E-state index in [1.54, 1.807) is 23.1 Å². The van der Waals surface area contributed by atoms with E-state index in [9.17, 15) is 19.2 Å². The molecule has 1 heterocycles. The average molecular weight is 424 g/mol. The van der Waals surface area contributed by atoms with Crippen molar-refractivity contribution in [2.45, 2.75) is 13.3 Å². The molecule has 1 aliphatic rings. The van der Waals surface area contributed by atoms with Gasteiger partial charge in [-0.25, -0.2) is 0 Å². The predicted octanol–water partition coefficient (Wildman–Crippen LogP) is 1.21. The maximum absolute atomic E-state index is 12.7. The lowest BCUT2D eigenvalue weighted by Gasteiger charge is -2.20. The van der Waals surface area contributed by atoms with E-state index in [0.717, 1.165) is 5.56 Å². The van der Waals surface area contributed by atoms with E-state index in [4.69, 9.17) is 10.5 Å². The standard InChI is InChI=1S/C22H24N4O5/c1-13-3-8-18(31-2)17(9-13)26-12-15(10-20(26)28)22(30)25-16-6-4-14(5-7-16)21(29)24-11-19(23)27/h3-9,15H,10-12H2,1-2H3,(H2,23,27)(H,24,29)(H,25,30). The number of nitrogens with one attached hydrogen (secondary N) is 2. The van der Waals surface area contributed by atoms with Gasteiger partial charge in [0.2, 0.25) is 17.7 Å². The number of aryl methyl sites for hydroxylation is 1. The molecule has 0 aliphatic carbocycles. The van der Waals surface area contributed by atoms with Crippen LogP contribution in [0.1, 0.15) is 22.3 Å². The highest BCUT2D eigenvalue weighted by molar-refractivity contribution is 6.04. The van der Waals surface area contributed by atoms with E-state index in [2.05, 4.69) is 10.6 Å². The first-order chi connectivity index (χ1) is 14.8. The number of benzene rings is 2. The van der Waals surface area contributed by atoms with Crippen molar-refractivity contribution in [2.75, 3.05) is 30.4 Å². The molecule has 9 nitrogen and oxygen atoms in total. The lowest BCUT2D eigenvalue weighted by atomic mass is 10.1. The van der Waals surface area contributed by atoms with Gasteiger partial charge in [0, 0.05) is 24.2 Å². The van der Waals surface area contributed by atoms with Gasteiger partial charge in [0.05, 0.1) is 25.3 Å². The van der Waals surface area contributed by atoms with E-state index in [1.807, 2.05) is 19.1 Å². The fourth-order valence-corrected chi connectivity index (χ4v) is 3.35. The molecule has 9 heteroatoms. The molecular weight excluding hydrogens is 400 g/mol. The number of ether oxygens (including phenoxy) is 1. The van der Waals surface area contributed by atoms with Gasteiger partial charge < -0.3 is 26.0 Å². The molecule has 4 N–H and O–H groups in total. The highest BCUT2D eigenvalue weighted by Gasteiger charge is 2.36. The third-order valence-electron chi connectivity index (χ3n) is 4.96. The Morgan fingerprint density at radius 2 is 1.87 bits per heavy atom. The Balaban J connectivity index is 1.64. The predicted molar refractivity (Wildman–Crippen MR) is 115 cm³/mol. The van der Waals surface area contributed by atoms with Crippen LogP contribution in [-0.2, 0) is 14.4 Å². The third kappa shape index (κ3) is 5.19. The molecule has 0 saturated carbocycles. The van der Waals surface area contributed by atoms with Gasteiger partial charge in [0.15, 0.2) is 0 Å². The number of anilines is 2. The number of carbonyl (C=O) groups is 4. The molecule has 0 radical (unpaired) electrons. The molecule has 1 fully saturated rings. The highest BCUT2D eigenvalue weighted by Crippen LogP contribution is 2.34. The van der Waals surface area contributed by atoms with Gasteiger partial charge in [-0.05, 0) is 48.9 Å². The molecule has 0 spiro atoms. The van der Waals surface area contributed by atoms with Crippen LogP contribution in [0.2, 0.25) is 0 Å². The number of hydrogen-bond donors (Lipinski definition) is 3. The van der Waals surface area contributed by atoms with Crippen LogP contribution in [-0.4, -0.2) is 43.8 Å². The summed E-state index contributed by atoms with van der Waals surface area (Å²) in [4.78, 5) is 49.5. The van der Waals surface area contributed by atoms with Crippen molar-refractivity contribution < 1.29 is 23.9 Å². The van der Waals surface area contributed by atoms with Crippen LogP contribution in [0.4, 0.5) is 11.4 Å². The van der Waals surface area contributed by atoms with Crippen LogP contribution in [0.15, 0.2) is 42.5 Å². The fraction of sp³-hybridized carbons (Fsp3) is 0.273. The Hall–Kier alpha value is -3.88. The van der Waals surface area contributed by atoms with Gasteiger partial charge in [-0.2, -0.15) is 0 Å². The van der Waals surface area contributed by atoms with Gasteiger partial charge in [-0.3, -0.25) is 19.2 Å². The second-order valence-corrected chi connectivity index (χ2v) is 7.30. The van der Waals surface area contributed by atoms with Gasteiger partial charge in [-0.15, -0.1) is 0 Å². The lowest BCUT2D eigenvalue weighted by Crippen LogP contribution is -2.33. The summed E-state index contributed by atoms with van der Waals surface area (Å²) in [6.07, 6.45) is 0.0938. The first-order valence-electron chi connectivity index (χ1n) is 9.71. The minimum atomic E-state index is -0.638. The van der Waals surface area contributed by atoms with Crippen molar-refractivity contribution in [2.24, 2.45) is 11.7 Å². The Labute approximate surface area is 179 Å². The fourth-order valence-electron chi connectivity index (χ4n) is 3.35. The average Bonchev–Trinajstić information content (AvgIpc) is 3.14. The van der Waals surface area contributed by atoms with Crippen LogP contribution in [0.3, 0.4) is 0 Å². The monoisotopic (exact) mass is 424 g/mol. The molecule has 2 aromatic rings. The summed E-state index contributed by atoms with van der Waals surface area (Å²) in [5, 5.41) is 5.17.